The molecule has 1 rings (SSSR count). The maximum absolute atomic E-state index is 12.1. The molecule has 4 heteroatoms. The molecule has 0 aromatic rings. The lowest BCUT2D eigenvalue weighted by Gasteiger charge is -2.28. The van der Waals surface area contributed by atoms with Crippen LogP contribution in [0, 0.1) is 5.92 Å². The summed E-state index contributed by atoms with van der Waals surface area (Å²) in [5.41, 5.74) is 0. The Hall–Kier alpha value is -0.610. The molecule has 0 aliphatic carbocycles. The van der Waals surface area contributed by atoms with Gasteiger partial charge in [0, 0.05) is 20.1 Å². The normalized spacial score (nSPS) is 21.5. The van der Waals surface area contributed by atoms with Crippen LogP contribution in [0.5, 0.6) is 0 Å². The van der Waals surface area contributed by atoms with E-state index in [2.05, 4.69) is 5.32 Å². The van der Waals surface area contributed by atoms with E-state index in [0.717, 1.165) is 26.1 Å². The predicted octanol–water partition coefficient (Wildman–Crippen LogP) is 1.26. The van der Waals surface area contributed by atoms with E-state index in [4.69, 9.17) is 4.74 Å². The van der Waals surface area contributed by atoms with E-state index in [1.165, 1.54) is 6.42 Å². The van der Waals surface area contributed by atoms with Crippen LogP contribution in [0.15, 0.2) is 0 Å². The van der Waals surface area contributed by atoms with Crippen molar-refractivity contribution in [2.75, 3.05) is 33.4 Å². The first-order chi connectivity index (χ1) is 8.19. The maximum atomic E-state index is 12.1. The van der Waals surface area contributed by atoms with Gasteiger partial charge in [-0.25, -0.2) is 0 Å². The third kappa shape index (κ3) is 4.64. The van der Waals surface area contributed by atoms with Gasteiger partial charge in [0.05, 0.1) is 12.6 Å². The zero-order valence-corrected chi connectivity index (χ0v) is 11.4. The average molecular weight is 242 g/mol. The molecule has 0 aromatic heterocycles. The molecule has 0 spiro atoms. The first-order valence-corrected chi connectivity index (χ1v) is 6.68. The molecule has 1 fully saturated rings. The summed E-state index contributed by atoms with van der Waals surface area (Å²) in [6.45, 7) is 7.64. The van der Waals surface area contributed by atoms with Gasteiger partial charge in [0.25, 0.3) is 0 Å². The van der Waals surface area contributed by atoms with Crippen molar-refractivity contribution in [1.29, 1.82) is 0 Å². The van der Waals surface area contributed by atoms with Crippen molar-refractivity contribution >= 4 is 5.91 Å². The summed E-state index contributed by atoms with van der Waals surface area (Å²) >= 11 is 0. The molecule has 4 nitrogen and oxygen atoms in total. The number of rotatable bonds is 7. The number of carbonyl (C=O) groups excluding carboxylic acids is 1. The van der Waals surface area contributed by atoms with Gasteiger partial charge in [-0.05, 0) is 45.7 Å². The van der Waals surface area contributed by atoms with Crippen LogP contribution in [0.3, 0.4) is 0 Å². The Kier molecular flexibility index (Phi) is 6.52. The number of nitrogens with zero attached hydrogens (tertiary/aromatic N) is 1. The van der Waals surface area contributed by atoms with Gasteiger partial charge in [-0.1, -0.05) is 0 Å². The summed E-state index contributed by atoms with van der Waals surface area (Å²) in [4.78, 5) is 14.0. The van der Waals surface area contributed by atoms with Gasteiger partial charge in [-0.15, -0.1) is 0 Å². The Balaban J connectivity index is 2.32. The molecule has 0 bridgehead atoms. The van der Waals surface area contributed by atoms with Gasteiger partial charge in [-0.3, -0.25) is 4.79 Å². The quantitative estimate of drug-likeness (QED) is 0.731. The fourth-order valence-electron chi connectivity index (χ4n) is 2.50. The van der Waals surface area contributed by atoms with E-state index in [1.54, 1.807) is 7.11 Å². The van der Waals surface area contributed by atoms with E-state index < -0.39 is 0 Å². The van der Waals surface area contributed by atoms with E-state index in [-0.39, 0.29) is 11.9 Å². The summed E-state index contributed by atoms with van der Waals surface area (Å²) in [5, 5.41) is 3.34. The second-order valence-corrected chi connectivity index (χ2v) is 4.88. The van der Waals surface area contributed by atoms with Crippen LogP contribution in [-0.2, 0) is 9.53 Å². The highest BCUT2D eigenvalue weighted by atomic mass is 16.5. The van der Waals surface area contributed by atoms with E-state index in [0.29, 0.717) is 18.9 Å². The Morgan fingerprint density at radius 3 is 2.88 bits per heavy atom. The first kappa shape index (κ1) is 14.5. The molecule has 0 radical (unpaired) electrons. The third-order valence-corrected chi connectivity index (χ3v) is 3.53. The lowest BCUT2D eigenvalue weighted by Crippen LogP contribution is -2.41. The highest BCUT2D eigenvalue weighted by molar-refractivity contribution is 5.76. The van der Waals surface area contributed by atoms with Crippen LogP contribution in [0.25, 0.3) is 0 Å². The van der Waals surface area contributed by atoms with E-state index >= 15 is 0 Å². The summed E-state index contributed by atoms with van der Waals surface area (Å²) < 4.78 is 5.11. The number of ether oxygens (including phenoxy) is 1. The fraction of sp³-hybridized carbons (Fsp3) is 0.923. The molecular formula is C13H26N2O2. The minimum Gasteiger partial charge on any atom is -0.383 e. The Morgan fingerprint density at radius 1 is 1.59 bits per heavy atom. The largest absolute Gasteiger partial charge is 0.383 e. The number of likely N-dealkylation sites (N-methyl/N-ethyl adjacent to an activating group) is 1. The maximum Gasteiger partial charge on any atom is 0.222 e. The van der Waals surface area contributed by atoms with Crippen LogP contribution < -0.4 is 5.32 Å². The molecule has 1 aliphatic heterocycles. The minimum atomic E-state index is 0.180. The molecule has 0 saturated carbocycles. The van der Waals surface area contributed by atoms with Crippen molar-refractivity contribution < 1.29 is 9.53 Å². The number of hydrogen-bond donors (Lipinski definition) is 1. The van der Waals surface area contributed by atoms with Crippen molar-refractivity contribution in [1.82, 2.24) is 10.2 Å². The number of amides is 1. The molecule has 2 atom stereocenters. The van der Waals surface area contributed by atoms with E-state index in [9.17, 15) is 4.79 Å². The molecule has 1 heterocycles. The fourth-order valence-corrected chi connectivity index (χ4v) is 2.50. The molecule has 1 saturated heterocycles. The van der Waals surface area contributed by atoms with Gasteiger partial charge in [0.15, 0.2) is 0 Å². The second kappa shape index (κ2) is 7.67. The SMILES string of the molecule is CCN(C(=O)CCC1CCNC1)C(C)COC. The highest BCUT2D eigenvalue weighted by Crippen LogP contribution is 2.15. The summed E-state index contributed by atoms with van der Waals surface area (Å²) in [7, 11) is 1.68. The van der Waals surface area contributed by atoms with Gasteiger partial charge in [-0.2, -0.15) is 0 Å². The first-order valence-electron chi connectivity index (χ1n) is 6.68. The molecule has 100 valence electrons. The minimum absolute atomic E-state index is 0.180. The van der Waals surface area contributed by atoms with Crippen LogP contribution in [0.2, 0.25) is 0 Å². The number of methoxy groups -OCH3 is 1. The molecule has 1 amide bonds. The Morgan fingerprint density at radius 2 is 2.35 bits per heavy atom. The topological polar surface area (TPSA) is 41.6 Å². The van der Waals surface area contributed by atoms with Crippen molar-refractivity contribution in [2.45, 2.75) is 39.2 Å². The number of nitrogens with one attached hydrogen (secondary N) is 1. The summed E-state index contributed by atoms with van der Waals surface area (Å²) in [6.07, 6.45) is 2.91. The van der Waals surface area contributed by atoms with Gasteiger partial charge >= 0.3 is 0 Å². The van der Waals surface area contributed by atoms with Gasteiger partial charge < -0.3 is 15.0 Å². The lowest BCUT2D eigenvalue weighted by molar-refractivity contribution is -0.134. The van der Waals surface area contributed by atoms with Gasteiger partial charge in [0.2, 0.25) is 5.91 Å². The molecule has 0 aromatic carbocycles. The standard InChI is InChI=1S/C13H26N2O2/c1-4-15(11(2)10-17-3)13(16)6-5-12-7-8-14-9-12/h11-12,14H,4-10H2,1-3H3. The van der Waals surface area contributed by atoms with Crippen LogP contribution in [-0.4, -0.2) is 50.2 Å². The van der Waals surface area contributed by atoms with Crippen molar-refractivity contribution in [3.05, 3.63) is 0 Å². The average Bonchev–Trinajstić information content (AvgIpc) is 2.80. The molecular weight excluding hydrogens is 216 g/mol. The Bertz CT molecular complexity index is 227. The number of hydrogen-bond acceptors (Lipinski definition) is 3. The highest BCUT2D eigenvalue weighted by Gasteiger charge is 2.21. The van der Waals surface area contributed by atoms with Crippen molar-refractivity contribution in [2.24, 2.45) is 5.92 Å². The third-order valence-electron chi connectivity index (χ3n) is 3.53. The van der Waals surface area contributed by atoms with Crippen molar-refractivity contribution in [3.8, 4) is 0 Å². The molecule has 1 aliphatic rings. The zero-order chi connectivity index (χ0) is 12.7. The summed E-state index contributed by atoms with van der Waals surface area (Å²) in [6, 6.07) is 0.180. The van der Waals surface area contributed by atoms with E-state index in [1.807, 2.05) is 18.7 Å². The van der Waals surface area contributed by atoms with Crippen LogP contribution >= 0.6 is 0 Å². The smallest absolute Gasteiger partial charge is 0.222 e. The Labute approximate surface area is 105 Å². The molecule has 1 N–H and O–H groups in total. The summed E-state index contributed by atoms with van der Waals surface area (Å²) in [5.74, 6) is 0.958. The van der Waals surface area contributed by atoms with Crippen LogP contribution in [0.4, 0.5) is 0 Å². The zero-order valence-electron chi connectivity index (χ0n) is 11.4. The second-order valence-electron chi connectivity index (χ2n) is 4.88. The van der Waals surface area contributed by atoms with Crippen LogP contribution in [0.1, 0.15) is 33.1 Å². The number of carbonyl (C=O) groups is 1. The lowest BCUT2D eigenvalue weighted by atomic mass is 10.0. The molecule has 2 unspecified atom stereocenters. The monoisotopic (exact) mass is 242 g/mol. The predicted molar refractivity (Wildman–Crippen MR) is 68.9 cm³/mol. The van der Waals surface area contributed by atoms with Gasteiger partial charge in [0.1, 0.15) is 0 Å². The molecule has 17 heavy (non-hydrogen) atoms. The van der Waals surface area contributed by atoms with Crippen molar-refractivity contribution in [3.63, 3.8) is 0 Å².